The molecule has 0 aliphatic heterocycles. The Morgan fingerprint density at radius 3 is 3.00 bits per heavy atom. The first-order chi connectivity index (χ1) is 13.0. The lowest BCUT2D eigenvalue weighted by Gasteiger charge is -2.04. The fraction of sp³-hybridized carbons (Fsp3) is 0.188. The molecule has 138 valence electrons. The first-order valence-corrected chi connectivity index (χ1v) is 8.81. The van der Waals surface area contributed by atoms with Gasteiger partial charge in [-0.05, 0) is 6.08 Å². The molecule has 0 unspecified atom stereocenters. The lowest BCUT2D eigenvalue weighted by molar-refractivity contribution is 0.462. The van der Waals surface area contributed by atoms with Crippen molar-refractivity contribution in [2.24, 2.45) is 12.8 Å². The van der Waals surface area contributed by atoms with Gasteiger partial charge in [0.15, 0.2) is 11.4 Å². The minimum absolute atomic E-state index is 0.0152. The highest BCUT2D eigenvalue weighted by molar-refractivity contribution is 7.19. The van der Waals surface area contributed by atoms with E-state index in [-0.39, 0.29) is 17.9 Å². The van der Waals surface area contributed by atoms with E-state index in [0.717, 1.165) is 21.3 Å². The van der Waals surface area contributed by atoms with E-state index in [1.54, 1.807) is 17.8 Å². The molecule has 0 atom stereocenters. The second kappa shape index (κ2) is 6.36. The summed E-state index contributed by atoms with van der Waals surface area (Å²) >= 11 is 1.45. The molecule has 0 radical (unpaired) electrons. The molecule has 4 aromatic heterocycles. The fourth-order valence-electron chi connectivity index (χ4n) is 2.93. The summed E-state index contributed by atoms with van der Waals surface area (Å²) in [6, 6.07) is 0. The Morgan fingerprint density at radius 2 is 2.30 bits per heavy atom. The van der Waals surface area contributed by atoms with E-state index in [4.69, 9.17) is 11.1 Å². The third-order valence-electron chi connectivity index (χ3n) is 4.23. The first-order valence-electron chi connectivity index (χ1n) is 7.99. The van der Waals surface area contributed by atoms with E-state index < -0.39 is 0 Å². The van der Waals surface area contributed by atoms with Crippen molar-refractivity contribution in [1.82, 2.24) is 29.5 Å². The van der Waals surface area contributed by atoms with Crippen LogP contribution in [-0.4, -0.2) is 40.9 Å². The number of aromatic nitrogens is 6. The molecule has 0 saturated heterocycles. The van der Waals surface area contributed by atoms with Crippen molar-refractivity contribution < 1.29 is 5.11 Å². The summed E-state index contributed by atoms with van der Waals surface area (Å²) in [5, 5.41) is 28.9. The topological polar surface area (TPSA) is 151 Å². The first kappa shape index (κ1) is 17.0. The van der Waals surface area contributed by atoms with Crippen molar-refractivity contribution in [3.63, 3.8) is 0 Å². The average Bonchev–Trinajstić information content (AvgIpc) is 3.28. The molecular weight excluding hydrogens is 368 g/mol. The number of allylic oxidation sites excluding steroid dienone is 2. The molecule has 11 heteroatoms. The second-order valence-electron chi connectivity index (χ2n) is 6.01. The van der Waals surface area contributed by atoms with Gasteiger partial charge in [0.25, 0.3) is 5.56 Å². The van der Waals surface area contributed by atoms with Gasteiger partial charge in [-0.2, -0.15) is 10.2 Å². The summed E-state index contributed by atoms with van der Waals surface area (Å²) in [7, 11) is 1.78. The predicted octanol–water partition coefficient (Wildman–Crippen LogP) is 0.856. The summed E-state index contributed by atoms with van der Waals surface area (Å²) < 4.78 is 3.88. The normalized spacial score (nSPS) is 12.3. The number of aryl methyl sites for hydroxylation is 1. The van der Waals surface area contributed by atoms with E-state index in [1.165, 1.54) is 28.3 Å². The van der Waals surface area contributed by atoms with E-state index in [0.29, 0.717) is 29.0 Å². The molecular formula is C16H16N8O2S. The summed E-state index contributed by atoms with van der Waals surface area (Å²) in [6.45, 7) is 0.0864. The predicted molar refractivity (Wildman–Crippen MR) is 102 cm³/mol. The van der Waals surface area contributed by atoms with Crippen LogP contribution in [0.2, 0.25) is 0 Å². The van der Waals surface area contributed by atoms with Crippen molar-refractivity contribution in [2.45, 2.75) is 13.0 Å². The Balaban J connectivity index is 1.81. The molecule has 10 nitrogen and oxygen atoms in total. The molecule has 0 aromatic carbocycles. The summed E-state index contributed by atoms with van der Waals surface area (Å²) in [4.78, 5) is 17.5. The lowest BCUT2D eigenvalue weighted by atomic mass is 10.3. The van der Waals surface area contributed by atoms with Crippen LogP contribution in [0.1, 0.15) is 10.7 Å². The van der Waals surface area contributed by atoms with Gasteiger partial charge in [0, 0.05) is 30.8 Å². The standard InChI is InChI=1S/C16H16N8O2S/c1-23-13-9(14-15(23)21-12(27-14)4-8(18)2-3-17)5-20-24(16(13)26)7-10-11(25)6-19-22-10/h2-3,5-6,17,25H,4,7,18H2,1H3,(H,19,22). The highest BCUT2D eigenvalue weighted by atomic mass is 32.1. The zero-order chi connectivity index (χ0) is 19.1. The zero-order valence-corrected chi connectivity index (χ0v) is 15.1. The molecule has 4 aromatic rings. The summed E-state index contributed by atoms with van der Waals surface area (Å²) in [5.74, 6) is -0.0152. The molecule has 0 spiro atoms. The number of nitrogens with zero attached hydrogens (tertiary/aromatic N) is 5. The van der Waals surface area contributed by atoms with Crippen molar-refractivity contribution >= 4 is 38.8 Å². The molecule has 0 fully saturated rings. The van der Waals surface area contributed by atoms with Crippen LogP contribution in [0.25, 0.3) is 21.3 Å². The van der Waals surface area contributed by atoms with Crippen molar-refractivity contribution in [1.29, 1.82) is 5.41 Å². The number of H-pyrrole nitrogens is 1. The van der Waals surface area contributed by atoms with Gasteiger partial charge in [0.1, 0.15) is 10.5 Å². The highest BCUT2D eigenvalue weighted by Gasteiger charge is 2.19. The lowest BCUT2D eigenvalue weighted by Crippen LogP contribution is -2.24. The maximum absolute atomic E-state index is 12.9. The average molecular weight is 384 g/mol. The molecule has 0 saturated carbocycles. The Labute approximate surface area is 156 Å². The smallest absolute Gasteiger partial charge is 0.291 e. The molecule has 4 heterocycles. The van der Waals surface area contributed by atoms with Gasteiger partial charge >= 0.3 is 0 Å². The molecule has 0 amide bonds. The Kier molecular flexibility index (Phi) is 4.00. The SMILES string of the molecule is Cn1c2nc(CC(N)=CC=N)sc2c2cnn(Cc3[nH]ncc3O)c(=O)c21. The molecule has 27 heavy (non-hydrogen) atoms. The van der Waals surface area contributed by atoms with Gasteiger partial charge in [-0.15, -0.1) is 11.3 Å². The quantitative estimate of drug-likeness (QED) is 0.375. The Hall–Kier alpha value is -3.47. The van der Waals surface area contributed by atoms with E-state index in [2.05, 4.69) is 20.3 Å². The van der Waals surface area contributed by atoms with Crippen LogP contribution >= 0.6 is 11.3 Å². The van der Waals surface area contributed by atoms with E-state index in [1.807, 2.05) is 0 Å². The van der Waals surface area contributed by atoms with Crippen LogP contribution < -0.4 is 11.3 Å². The van der Waals surface area contributed by atoms with Crippen LogP contribution in [0.3, 0.4) is 0 Å². The fourth-order valence-corrected chi connectivity index (χ4v) is 4.07. The maximum Gasteiger partial charge on any atom is 0.291 e. The van der Waals surface area contributed by atoms with Crippen LogP contribution in [0.5, 0.6) is 5.75 Å². The molecule has 4 rings (SSSR count). The number of hydrogen-bond acceptors (Lipinski definition) is 8. The highest BCUT2D eigenvalue weighted by Crippen LogP contribution is 2.31. The third-order valence-corrected chi connectivity index (χ3v) is 5.30. The Bertz CT molecular complexity index is 1260. The molecule has 0 aliphatic carbocycles. The second-order valence-corrected chi connectivity index (χ2v) is 7.09. The van der Waals surface area contributed by atoms with Crippen molar-refractivity contribution in [3.05, 3.63) is 45.2 Å². The Morgan fingerprint density at radius 1 is 1.48 bits per heavy atom. The molecule has 5 N–H and O–H groups in total. The van der Waals surface area contributed by atoms with Gasteiger partial charge in [0.2, 0.25) is 0 Å². The number of aromatic amines is 1. The molecule has 0 aliphatic rings. The van der Waals surface area contributed by atoms with Crippen LogP contribution in [0.4, 0.5) is 0 Å². The van der Waals surface area contributed by atoms with Crippen LogP contribution in [0, 0.1) is 5.41 Å². The van der Waals surface area contributed by atoms with Crippen molar-refractivity contribution in [2.75, 3.05) is 0 Å². The third kappa shape index (κ3) is 2.77. The monoisotopic (exact) mass is 384 g/mol. The minimum Gasteiger partial charge on any atom is -0.504 e. The molecule has 0 bridgehead atoms. The van der Waals surface area contributed by atoms with E-state index in [9.17, 15) is 9.90 Å². The number of nitrogens with two attached hydrogens (primary N) is 1. The van der Waals surface area contributed by atoms with Gasteiger partial charge in [-0.25, -0.2) is 9.67 Å². The number of rotatable bonds is 5. The minimum atomic E-state index is -0.279. The van der Waals surface area contributed by atoms with Crippen molar-refractivity contribution in [3.8, 4) is 5.75 Å². The number of nitrogens with one attached hydrogen (secondary N) is 2. The summed E-state index contributed by atoms with van der Waals surface area (Å²) in [5.41, 5.74) is 7.72. The summed E-state index contributed by atoms with van der Waals surface area (Å²) in [6.07, 6.45) is 6.02. The zero-order valence-electron chi connectivity index (χ0n) is 14.3. The number of hydrogen-bond donors (Lipinski definition) is 4. The van der Waals surface area contributed by atoms with Gasteiger partial charge in [-0.3, -0.25) is 9.89 Å². The van der Waals surface area contributed by atoms with Crippen LogP contribution in [-0.2, 0) is 20.0 Å². The van der Waals surface area contributed by atoms with Gasteiger partial charge in [0.05, 0.1) is 29.3 Å². The maximum atomic E-state index is 12.9. The van der Waals surface area contributed by atoms with E-state index >= 15 is 0 Å². The largest absolute Gasteiger partial charge is 0.504 e. The van der Waals surface area contributed by atoms with Gasteiger partial charge in [-0.1, -0.05) is 0 Å². The number of thiazole rings is 1. The number of fused-ring (bicyclic) bond motifs is 3. The number of aromatic hydroxyl groups is 1. The van der Waals surface area contributed by atoms with Gasteiger partial charge < -0.3 is 20.8 Å². The van der Waals surface area contributed by atoms with Crippen LogP contribution in [0.15, 0.2) is 29.0 Å².